The Hall–Kier alpha value is -2.77. The van der Waals surface area contributed by atoms with Crippen molar-refractivity contribution in [3.63, 3.8) is 0 Å². The van der Waals surface area contributed by atoms with E-state index in [1.54, 1.807) is 26.4 Å². The summed E-state index contributed by atoms with van der Waals surface area (Å²) >= 11 is 0. The molecule has 0 saturated carbocycles. The molecule has 2 aromatic rings. The van der Waals surface area contributed by atoms with E-state index in [1.165, 1.54) is 0 Å². The highest BCUT2D eigenvalue weighted by atomic mass is 16.5. The van der Waals surface area contributed by atoms with Crippen LogP contribution in [0.5, 0.6) is 17.2 Å². The van der Waals surface area contributed by atoms with Crippen LogP contribution in [0.3, 0.4) is 0 Å². The second kappa shape index (κ2) is 11.0. The van der Waals surface area contributed by atoms with E-state index in [1.807, 2.05) is 30.3 Å². The van der Waals surface area contributed by atoms with E-state index < -0.39 is 0 Å². The van der Waals surface area contributed by atoms with Crippen LogP contribution in [0, 0.1) is 0 Å². The molecule has 1 heterocycles. The Morgan fingerprint density at radius 1 is 1.06 bits per heavy atom. The number of nitrogens with zero attached hydrogens (tertiary/aromatic N) is 1. The Morgan fingerprint density at radius 2 is 1.68 bits per heavy atom. The largest absolute Gasteiger partial charge is 0.493 e. The van der Waals surface area contributed by atoms with Crippen molar-refractivity contribution in [2.24, 2.45) is 0 Å². The molecule has 2 atom stereocenters. The van der Waals surface area contributed by atoms with Crippen LogP contribution < -0.4 is 19.5 Å². The molecule has 31 heavy (non-hydrogen) atoms. The molecule has 0 aliphatic carbocycles. The van der Waals surface area contributed by atoms with Gasteiger partial charge in [-0.2, -0.15) is 0 Å². The van der Waals surface area contributed by atoms with Crippen LogP contribution in [0.15, 0.2) is 42.5 Å². The van der Waals surface area contributed by atoms with Crippen LogP contribution >= 0.6 is 0 Å². The van der Waals surface area contributed by atoms with E-state index in [4.69, 9.17) is 18.9 Å². The third kappa shape index (κ3) is 6.35. The lowest BCUT2D eigenvalue weighted by Gasteiger charge is -2.35. The van der Waals surface area contributed by atoms with Crippen molar-refractivity contribution in [2.45, 2.75) is 32.7 Å². The molecule has 2 aromatic carbocycles. The van der Waals surface area contributed by atoms with Gasteiger partial charge >= 0.3 is 0 Å². The van der Waals surface area contributed by atoms with Crippen molar-refractivity contribution < 1.29 is 23.7 Å². The molecule has 7 nitrogen and oxygen atoms in total. The lowest BCUT2D eigenvalue weighted by atomic mass is 10.1. The van der Waals surface area contributed by atoms with Gasteiger partial charge in [0.2, 0.25) is 5.75 Å². The minimum Gasteiger partial charge on any atom is -0.493 e. The van der Waals surface area contributed by atoms with Crippen LogP contribution in [-0.4, -0.2) is 63.4 Å². The number of rotatable bonds is 9. The monoisotopic (exact) mass is 428 g/mol. The van der Waals surface area contributed by atoms with Crippen molar-refractivity contribution in [3.8, 4) is 17.2 Å². The van der Waals surface area contributed by atoms with Crippen molar-refractivity contribution in [1.82, 2.24) is 10.2 Å². The molecule has 7 heteroatoms. The number of hydrogen-bond acceptors (Lipinski definition) is 6. The van der Waals surface area contributed by atoms with Gasteiger partial charge in [0.05, 0.1) is 26.4 Å². The zero-order chi connectivity index (χ0) is 22.2. The Morgan fingerprint density at radius 3 is 2.26 bits per heavy atom. The number of nitrogens with one attached hydrogen (secondary N) is 1. The van der Waals surface area contributed by atoms with Gasteiger partial charge in [0.15, 0.2) is 11.5 Å². The number of hydrogen-bond donors (Lipinski definition) is 1. The molecule has 3 rings (SSSR count). The molecule has 1 fully saturated rings. The highest BCUT2D eigenvalue weighted by Gasteiger charge is 2.22. The Labute approximate surface area is 184 Å². The van der Waals surface area contributed by atoms with E-state index >= 15 is 0 Å². The number of ether oxygens (including phenoxy) is 4. The maximum absolute atomic E-state index is 12.7. The number of morpholine rings is 1. The van der Waals surface area contributed by atoms with Gasteiger partial charge in [0.1, 0.15) is 6.61 Å². The summed E-state index contributed by atoms with van der Waals surface area (Å²) in [4.78, 5) is 15.0. The highest BCUT2D eigenvalue weighted by Crippen LogP contribution is 2.39. The normalized spacial score (nSPS) is 19.0. The fourth-order valence-electron chi connectivity index (χ4n) is 3.78. The fourth-order valence-corrected chi connectivity index (χ4v) is 3.78. The third-order valence-electron chi connectivity index (χ3n) is 5.16. The highest BCUT2D eigenvalue weighted by molar-refractivity contribution is 5.95. The zero-order valence-electron chi connectivity index (χ0n) is 18.7. The van der Waals surface area contributed by atoms with Gasteiger partial charge in [-0.3, -0.25) is 9.69 Å². The smallest absolute Gasteiger partial charge is 0.251 e. The van der Waals surface area contributed by atoms with Crippen LogP contribution in [0.2, 0.25) is 0 Å². The molecule has 1 amide bonds. The lowest BCUT2D eigenvalue weighted by molar-refractivity contribution is -0.0672. The summed E-state index contributed by atoms with van der Waals surface area (Å²) in [7, 11) is 3.10. The van der Waals surface area contributed by atoms with Crippen LogP contribution in [0.25, 0.3) is 0 Å². The van der Waals surface area contributed by atoms with Crippen LogP contribution in [0.4, 0.5) is 0 Å². The maximum atomic E-state index is 12.7. The van der Waals surface area contributed by atoms with E-state index in [0.717, 1.165) is 25.2 Å². The van der Waals surface area contributed by atoms with Gasteiger partial charge in [-0.25, -0.2) is 0 Å². The van der Waals surface area contributed by atoms with Crippen LogP contribution in [0.1, 0.15) is 29.8 Å². The van der Waals surface area contributed by atoms with Crippen molar-refractivity contribution in [1.29, 1.82) is 0 Å². The first kappa shape index (κ1) is 22.9. The number of carbonyl (C=O) groups excluding carboxylic acids is 1. The lowest BCUT2D eigenvalue weighted by Crippen LogP contribution is -2.47. The summed E-state index contributed by atoms with van der Waals surface area (Å²) in [6.07, 6.45) is 0.410. The van der Waals surface area contributed by atoms with E-state index in [9.17, 15) is 4.79 Å². The molecule has 0 bridgehead atoms. The summed E-state index contributed by atoms with van der Waals surface area (Å²) in [6, 6.07) is 13.2. The molecular weight excluding hydrogens is 396 g/mol. The van der Waals surface area contributed by atoms with E-state index in [2.05, 4.69) is 24.1 Å². The standard InChI is InChI=1S/C24H32N2O5/c1-17-14-26(15-18(2)31-17)11-10-25-24(27)20-12-21(28-3)23(22(13-20)29-4)30-16-19-8-6-5-7-9-19/h5-9,12-13,17-18H,10-11,14-16H2,1-4H3,(H,25,27). The number of amides is 1. The van der Waals surface area contributed by atoms with Crippen molar-refractivity contribution in [2.75, 3.05) is 40.4 Å². The molecule has 1 aliphatic heterocycles. The SMILES string of the molecule is COc1cc(C(=O)NCCN2CC(C)OC(C)C2)cc(OC)c1OCc1ccccc1. The van der Waals surface area contributed by atoms with Gasteiger partial charge in [0.25, 0.3) is 5.91 Å². The van der Waals surface area contributed by atoms with Crippen molar-refractivity contribution >= 4 is 5.91 Å². The number of benzene rings is 2. The predicted molar refractivity (Wildman–Crippen MR) is 119 cm³/mol. The van der Waals surface area contributed by atoms with E-state index in [0.29, 0.717) is 36.0 Å². The molecule has 1 aliphatic rings. The van der Waals surface area contributed by atoms with Crippen molar-refractivity contribution in [3.05, 3.63) is 53.6 Å². The zero-order valence-corrected chi connectivity index (χ0v) is 18.7. The molecule has 1 N–H and O–H groups in total. The summed E-state index contributed by atoms with van der Waals surface area (Å²) in [5, 5.41) is 2.98. The molecular formula is C24H32N2O5. The first-order chi connectivity index (χ1) is 15.0. The molecule has 0 radical (unpaired) electrons. The Kier molecular flexibility index (Phi) is 8.14. The average Bonchev–Trinajstić information content (AvgIpc) is 2.77. The summed E-state index contributed by atoms with van der Waals surface area (Å²) in [5.74, 6) is 1.20. The number of methoxy groups -OCH3 is 2. The third-order valence-corrected chi connectivity index (χ3v) is 5.16. The maximum Gasteiger partial charge on any atom is 0.251 e. The Balaban J connectivity index is 1.63. The second-order valence-corrected chi connectivity index (χ2v) is 7.76. The van der Waals surface area contributed by atoms with E-state index in [-0.39, 0.29) is 18.1 Å². The molecule has 0 aromatic heterocycles. The minimum absolute atomic E-state index is 0.180. The molecule has 1 saturated heterocycles. The average molecular weight is 429 g/mol. The second-order valence-electron chi connectivity index (χ2n) is 7.76. The molecule has 2 unspecified atom stereocenters. The van der Waals surface area contributed by atoms with Crippen LogP contribution in [-0.2, 0) is 11.3 Å². The van der Waals surface area contributed by atoms with Gasteiger partial charge < -0.3 is 24.3 Å². The minimum atomic E-state index is -0.180. The molecule has 0 spiro atoms. The molecule has 168 valence electrons. The van der Waals surface area contributed by atoms with Gasteiger partial charge in [-0.05, 0) is 31.5 Å². The first-order valence-corrected chi connectivity index (χ1v) is 10.6. The quantitative estimate of drug-likeness (QED) is 0.662. The summed E-state index contributed by atoms with van der Waals surface area (Å²) in [5.41, 5.74) is 1.49. The summed E-state index contributed by atoms with van der Waals surface area (Å²) in [6.45, 7) is 7.58. The summed E-state index contributed by atoms with van der Waals surface area (Å²) < 4.78 is 22.7. The topological polar surface area (TPSA) is 69.3 Å². The van der Waals surface area contributed by atoms with Gasteiger partial charge in [0, 0.05) is 31.7 Å². The number of carbonyl (C=O) groups is 1. The van der Waals surface area contributed by atoms with Gasteiger partial charge in [-0.15, -0.1) is 0 Å². The Bertz CT molecular complexity index is 823. The first-order valence-electron chi connectivity index (χ1n) is 10.6. The predicted octanol–water partition coefficient (Wildman–Crippen LogP) is 3.12. The fraction of sp³-hybridized carbons (Fsp3) is 0.458. The van der Waals surface area contributed by atoms with Gasteiger partial charge in [-0.1, -0.05) is 30.3 Å².